The molecule has 0 aromatic heterocycles. The SMILES string of the molecule is NCC1(C(=O)C2=CCCO2)CCOCC1. The van der Waals surface area contributed by atoms with E-state index in [0.717, 1.165) is 6.42 Å². The molecule has 2 aliphatic heterocycles. The molecular weight excluding hydrogens is 194 g/mol. The van der Waals surface area contributed by atoms with Gasteiger partial charge in [-0.3, -0.25) is 4.79 Å². The molecule has 0 saturated carbocycles. The molecule has 15 heavy (non-hydrogen) atoms. The van der Waals surface area contributed by atoms with Crippen LogP contribution in [0.3, 0.4) is 0 Å². The Bertz CT molecular complexity index is 280. The summed E-state index contributed by atoms with van der Waals surface area (Å²) in [6, 6.07) is 0. The molecule has 2 rings (SSSR count). The Labute approximate surface area is 89.4 Å². The molecular formula is C11H17NO3. The maximum Gasteiger partial charge on any atom is 0.204 e. The lowest BCUT2D eigenvalue weighted by Crippen LogP contribution is -2.44. The van der Waals surface area contributed by atoms with Gasteiger partial charge in [0.15, 0.2) is 5.76 Å². The number of ether oxygens (including phenoxy) is 2. The van der Waals surface area contributed by atoms with Crippen molar-refractivity contribution < 1.29 is 14.3 Å². The van der Waals surface area contributed by atoms with Gasteiger partial charge in [-0.25, -0.2) is 0 Å². The summed E-state index contributed by atoms with van der Waals surface area (Å²) < 4.78 is 10.6. The van der Waals surface area contributed by atoms with Crippen molar-refractivity contribution in [1.82, 2.24) is 0 Å². The zero-order chi connectivity index (χ0) is 10.7. The van der Waals surface area contributed by atoms with Crippen molar-refractivity contribution in [2.24, 2.45) is 11.1 Å². The second kappa shape index (κ2) is 4.33. The first-order chi connectivity index (χ1) is 7.28. The minimum absolute atomic E-state index is 0.0748. The van der Waals surface area contributed by atoms with Crippen molar-refractivity contribution in [3.05, 3.63) is 11.8 Å². The third-order valence-electron chi connectivity index (χ3n) is 3.25. The molecule has 1 saturated heterocycles. The van der Waals surface area contributed by atoms with Gasteiger partial charge in [0.1, 0.15) is 0 Å². The normalized spacial score (nSPS) is 24.5. The third-order valence-corrected chi connectivity index (χ3v) is 3.25. The van der Waals surface area contributed by atoms with E-state index >= 15 is 0 Å². The Hall–Kier alpha value is -0.870. The van der Waals surface area contributed by atoms with Crippen LogP contribution in [0.15, 0.2) is 11.8 Å². The molecule has 0 aromatic carbocycles. The largest absolute Gasteiger partial charge is 0.490 e. The van der Waals surface area contributed by atoms with E-state index in [9.17, 15) is 4.79 Å². The van der Waals surface area contributed by atoms with Crippen LogP contribution in [-0.4, -0.2) is 32.1 Å². The van der Waals surface area contributed by atoms with E-state index in [1.54, 1.807) is 0 Å². The van der Waals surface area contributed by atoms with E-state index in [2.05, 4.69) is 0 Å². The van der Waals surface area contributed by atoms with Crippen LogP contribution in [0.1, 0.15) is 19.3 Å². The van der Waals surface area contributed by atoms with Crippen molar-refractivity contribution in [2.45, 2.75) is 19.3 Å². The van der Waals surface area contributed by atoms with Crippen molar-refractivity contribution in [2.75, 3.05) is 26.4 Å². The van der Waals surface area contributed by atoms with Crippen LogP contribution in [-0.2, 0) is 14.3 Å². The van der Waals surface area contributed by atoms with Crippen LogP contribution in [0.25, 0.3) is 0 Å². The van der Waals surface area contributed by atoms with Crippen molar-refractivity contribution in [3.8, 4) is 0 Å². The Kier molecular flexibility index (Phi) is 3.07. The molecule has 2 N–H and O–H groups in total. The highest BCUT2D eigenvalue weighted by Gasteiger charge is 2.41. The van der Waals surface area contributed by atoms with Gasteiger partial charge < -0.3 is 15.2 Å². The van der Waals surface area contributed by atoms with Gasteiger partial charge in [0.05, 0.1) is 12.0 Å². The first kappa shape index (κ1) is 10.6. The predicted octanol–water partition coefficient (Wildman–Crippen LogP) is 0.615. The van der Waals surface area contributed by atoms with Crippen LogP contribution in [0.4, 0.5) is 0 Å². The lowest BCUT2D eigenvalue weighted by Gasteiger charge is -2.34. The average molecular weight is 211 g/mol. The molecule has 0 aromatic rings. The van der Waals surface area contributed by atoms with E-state index in [0.29, 0.717) is 45.0 Å². The van der Waals surface area contributed by atoms with Gasteiger partial charge in [0.25, 0.3) is 0 Å². The lowest BCUT2D eigenvalue weighted by molar-refractivity contribution is -0.132. The quantitative estimate of drug-likeness (QED) is 0.743. The minimum atomic E-state index is -0.436. The molecule has 1 fully saturated rings. The summed E-state index contributed by atoms with van der Waals surface area (Å²) in [4.78, 5) is 12.2. The molecule has 0 atom stereocenters. The standard InChI is InChI=1S/C11H17NO3/c12-8-11(3-6-14-7-4-11)10(13)9-2-1-5-15-9/h2H,1,3-8,12H2. The van der Waals surface area contributed by atoms with Crippen molar-refractivity contribution in [3.63, 3.8) is 0 Å². The van der Waals surface area contributed by atoms with Gasteiger partial charge in [-0.05, 0) is 18.9 Å². The summed E-state index contributed by atoms with van der Waals surface area (Å²) in [6.45, 7) is 2.25. The lowest BCUT2D eigenvalue weighted by atomic mass is 9.76. The van der Waals surface area contributed by atoms with E-state index in [1.165, 1.54) is 0 Å². The second-order valence-electron chi connectivity index (χ2n) is 4.13. The fourth-order valence-electron chi connectivity index (χ4n) is 2.12. The summed E-state index contributed by atoms with van der Waals surface area (Å²) >= 11 is 0. The highest BCUT2D eigenvalue weighted by atomic mass is 16.5. The second-order valence-corrected chi connectivity index (χ2v) is 4.13. The van der Waals surface area contributed by atoms with Gasteiger partial charge in [-0.2, -0.15) is 0 Å². The summed E-state index contributed by atoms with van der Waals surface area (Å²) in [5.74, 6) is 0.591. The highest BCUT2D eigenvalue weighted by molar-refractivity contribution is 5.98. The first-order valence-corrected chi connectivity index (χ1v) is 5.44. The van der Waals surface area contributed by atoms with Crippen molar-refractivity contribution >= 4 is 5.78 Å². The molecule has 2 aliphatic rings. The number of rotatable bonds is 3. The summed E-state index contributed by atoms with van der Waals surface area (Å²) in [6.07, 6.45) is 4.12. The van der Waals surface area contributed by atoms with E-state index in [1.807, 2.05) is 6.08 Å². The number of carbonyl (C=O) groups excluding carboxylic acids is 1. The monoisotopic (exact) mass is 211 g/mol. The Balaban J connectivity index is 2.13. The fraction of sp³-hybridized carbons (Fsp3) is 0.727. The molecule has 0 spiro atoms. The molecule has 2 heterocycles. The third kappa shape index (κ3) is 1.92. The summed E-state index contributed by atoms with van der Waals surface area (Å²) in [5, 5.41) is 0. The molecule has 4 nitrogen and oxygen atoms in total. The topological polar surface area (TPSA) is 61.6 Å². The Morgan fingerprint density at radius 3 is 2.67 bits per heavy atom. The van der Waals surface area contributed by atoms with Crippen LogP contribution >= 0.6 is 0 Å². The fourth-order valence-corrected chi connectivity index (χ4v) is 2.12. The van der Waals surface area contributed by atoms with Gasteiger partial charge in [0, 0.05) is 26.2 Å². The molecule has 0 amide bonds. The predicted molar refractivity (Wildman–Crippen MR) is 55.2 cm³/mol. The number of hydrogen-bond acceptors (Lipinski definition) is 4. The molecule has 0 aliphatic carbocycles. The summed E-state index contributed by atoms with van der Waals surface area (Å²) in [7, 11) is 0. The highest BCUT2D eigenvalue weighted by Crippen LogP contribution is 2.34. The van der Waals surface area contributed by atoms with E-state index in [4.69, 9.17) is 15.2 Å². The number of allylic oxidation sites excluding steroid dienone is 1. The minimum Gasteiger partial charge on any atom is -0.490 e. The number of carbonyl (C=O) groups is 1. The Morgan fingerprint density at radius 2 is 2.13 bits per heavy atom. The maximum absolute atomic E-state index is 12.2. The number of nitrogens with two attached hydrogens (primary N) is 1. The zero-order valence-corrected chi connectivity index (χ0v) is 8.83. The number of hydrogen-bond donors (Lipinski definition) is 1. The van der Waals surface area contributed by atoms with Gasteiger partial charge in [-0.15, -0.1) is 0 Å². The summed E-state index contributed by atoms with van der Waals surface area (Å²) in [5.41, 5.74) is 5.31. The van der Waals surface area contributed by atoms with Crippen LogP contribution in [0.2, 0.25) is 0 Å². The molecule has 0 radical (unpaired) electrons. The van der Waals surface area contributed by atoms with Gasteiger partial charge in [0.2, 0.25) is 5.78 Å². The Morgan fingerprint density at radius 1 is 1.40 bits per heavy atom. The average Bonchev–Trinajstić information content (AvgIpc) is 2.82. The smallest absolute Gasteiger partial charge is 0.204 e. The molecule has 84 valence electrons. The molecule has 4 heteroatoms. The van der Waals surface area contributed by atoms with Crippen LogP contribution < -0.4 is 5.73 Å². The van der Waals surface area contributed by atoms with Gasteiger partial charge in [-0.1, -0.05) is 0 Å². The molecule has 0 unspecified atom stereocenters. The number of ketones is 1. The number of Topliss-reactive ketones (excluding diaryl/α,β-unsaturated/α-hetero) is 1. The van der Waals surface area contributed by atoms with Crippen LogP contribution in [0.5, 0.6) is 0 Å². The van der Waals surface area contributed by atoms with Gasteiger partial charge >= 0.3 is 0 Å². The zero-order valence-electron chi connectivity index (χ0n) is 8.83. The first-order valence-electron chi connectivity index (χ1n) is 5.44. The van der Waals surface area contributed by atoms with Crippen LogP contribution in [0, 0.1) is 5.41 Å². The molecule has 0 bridgehead atoms. The van der Waals surface area contributed by atoms with E-state index < -0.39 is 5.41 Å². The van der Waals surface area contributed by atoms with E-state index in [-0.39, 0.29) is 5.78 Å². The maximum atomic E-state index is 12.2. The van der Waals surface area contributed by atoms with Crippen molar-refractivity contribution in [1.29, 1.82) is 0 Å².